The number of carbonyl (C=O) groups is 1. The van der Waals surface area contributed by atoms with Crippen LogP contribution in [-0.2, 0) is 0 Å². The first-order valence-corrected chi connectivity index (χ1v) is 3.37. The normalized spacial score (nSPS) is 10.2. The van der Waals surface area contributed by atoms with Crippen LogP contribution in [0, 0.1) is 0 Å². The second-order valence-electron chi connectivity index (χ2n) is 2.25. The Morgan fingerprint density at radius 1 is 1.25 bits per heavy atom. The van der Waals surface area contributed by atoms with Gasteiger partial charge in [-0.2, -0.15) is 0 Å². The fraction of sp³-hybridized carbons (Fsp3) is 0.125. The molecular formula is C8H7F2NO. The van der Waals surface area contributed by atoms with Gasteiger partial charge in [-0.1, -0.05) is 30.3 Å². The molecule has 0 fully saturated rings. The molecule has 12 heavy (non-hydrogen) atoms. The highest BCUT2D eigenvalue weighted by atomic mass is 19.4. The van der Waals surface area contributed by atoms with Gasteiger partial charge in [-0.05, 0) is 0 Å². The highest BCUT2D eigenvalue weighted by Gasteiger charge is 2.09. The van der Waals surface area contributed by atoms with Crippen LogP contribution in [0.25, 0.3) is 0 Å². The summed E-state index contributed by atoms with van der Waals surface area (Å²) < 4.78 is 23.2. The van der Waals surface area contributed by atoms with Crippen molar-refractivity contribution < 1.29 is 13.8 Å². The van der Waals surface area contributed by atoms with Crippen LogP contribution in [0.15, 0.2) is 30.3 Å². The number of Topliss-reactive ketones (excluding diaryl/α,β-unsaturated/α-hetero) is 1. The van der Waals surface area contributed by atoms with Crippen molar-refractivity contribution in [3.8, 4) is 0 Å². The summed E-state index contributed by atoms with van der Waals surface area (Å²) in [5.74, 6) is -0.583. The number of hydrogen-bond donors (Lipinski definition) is 0. The monoisotopic (exact) mass is 171 g/mol. The number of carbonyl (C=O) groups excluding carboxylic acids is 1. The van der Waals surface area contributed by atoms with Crippen molar-refractivity contribution >= 4 is 5.78 Å². The molecule has 0 bridgehead atoms. The van der Waals surface area contributed by atoms with E-state index in [0.29, 0.717) is 5.56 Å². The average Bonchev–Trinajstić information content (AvgIpc) is 2.05. The molecule has 0 spiro atoms. The van der Waals surface area contributed by atoms with E-state index in [0.717, 1.165) is 0 Å². The third kappa shape index (κ3) is 2.39. The minimum Gasteiger partial charge on any atom is -0.293 e. The first-order chi connectivity index (χ1) is 5.70. The van der Waals surface area contributed by atoms with Crippen molar-refractivity contribution in [2.45, 2.75) is 0 Å². The topological polar surface area (TPSA) is 20.3 Å². The van der Waals surface area contributed by atoms with E-state index in [1.54, 1.807) is 18.2 Å². The van der Waals surface area contributed by atoms with Crippen molar-refractivity contribution in [2.24, 2.45) is 0 Å². The van der Waals surface area contributed by atoms with Gasteiger partial charge in [0.25, 0.3) is 0 Å². The van der Waals surface area contributed by atoms with Gasteiger partial charge < -0.3 is 0 Å². The van der Waals surface area contributed by atoms with E-state index in [1.807, 2.05) is 0 Å². The molecule has 2 nitrogen and oxygen atoms in total. The van der Waals surface area contributed by atoms with Crippen LogP contribution in [0.2, 0.25) is 0 Å². The Hall–Kier alpha value is -1.29. The average molecular weight is 171 g/mol. The third-order valence-electron chi connectivity index (χ3n) is 1.36. The summed E-state index contributed by atoms with van der Waals surface area (Å²) in [6, 6.07) is 8.00. The maximum absolute atomic E-state index is 11.6. The molecule has 0 aliphatic rings. The zero-order chi connectivity index (χ0) is 8.97. The number of halogens is 2. The quantitative estimate of drug-likeness (QED) is 0.511. The van der Waals surface area contributed by atoms with Crippen LogP contribution < -0.4 is 0 Å². The summed E-state index contributed by atoms with van der Waals surface area (Å²) in [5, 5.41) is -1.13. The first kappa shape index (κ1) is 8.80. The van der Waals surface area contributed by atoms with E-state index in [1.165, 1.54) is 12.1 Å². The second kappa shape index (κ2) is 3.92. The Balaban J connectivity index is 2.66. The molecule has 1 aromatic rings. The molecule has 0 aliphatic carbocycles. The Labute approximate surface area is 68.3 Å². The van der Waals surface area contributed by atoms with E-state index >= 15 is 0 Å². The molecule has 0 N–H and O–H groups in total. The number of benzene rings is 1. The van der Waals surface area contributed by atoms with Gasteiger partial charge in [-0.15, -0.1) is 8.96 Å². The van der Waals surface area contributed by atoms with E-state index < -0.39 is 17.7 Å². The Kier molecular flexibility index (Phi) is 2.88. The molecular weight excluding hydrogens is 164 g/mol. The summed E-state index contributed by atoms with van der Waals surface area (Å²) in [5.41, 5.74) is 0.304. The van der Waals surface area contributed by atoms with E-state index in [4.69, 9.17) is 0 Å². The minimum atomic E-state index is -1.13. The smallest absolute Gasteiger partial charge is 0.182 e. The predicted molar refractivity (Wildman–Crippen MR) is 39.7 cm³/mol. The number of nitrogens with zero attached hydrogens (tertiary/aromatic N) is 1. The maximum atomic E-state index is 11.6. The zero-order valence-electron chi connectivity index (χ0n) is 6.21. The fourth-order valence-corrected chi connectivity index (χ4v) is 0.824. The number of rotatable bonds is 3. The van der Waals surface area contributed by atoms with Gasteiger partial charge in [0.2, 0.25) is 0 Å². The zero-order valence-corrected chi connectivity index (χ0v) is 6.21. The molecule has 0 atom stereocenters. The van der Waals surface area contributed by atoms with Crippen molar-refractivity contribution in [1.82, 2.24) is 5.34 Å². The van der Waals surface area contributed by atoms with E-state index in [9.17, 15) is 13.8 Å². The van der Waals surface area contributed by atoms with Crippen molar-refractivity contribution in [3.05, 3.63) is 35.9 Å². The Morgan fingerprint density at radius 2 is 1.83 bits per heavy atom. The van der Waals surface area contributed by atoms with Gasteiger partial charge in [0, 0.05) is 10.9 Å². The summed E-state index contributed by atoms with van der Waals surface area (Å²) >= 11 is 0. The lowest BCUT2D eigenvalue weighted by molar-refractivity contribution is -0.142. The lowest BCUT2D eigenvalue weighted by Gasteiger charge is -1.99. The molecule has 4 heteroatoms. The Morgan fingerprint density at radius 3 is 2.33 bits per heavy atom. The molecule has 0 amide bonds. The summed E-state index contributed by atoms with van der Waals surface area (Å²) in [6.45, 7) is -0.857. The minimum absolute atomic E-state index is 0.304. The Bertz CT molecular complexity index is 261. The third-order valence-corrected chi connectivity index (χ3v) is 1.36. The molecule has 0 unspecified atom stereocenters. The molecule has 64 valence electrons. The van der Waals surface area contributed by atoms with Crippen molar-refractivity contribution in [3.63, 3.8) is 0 Å². The largest absolute Gasteiger partial charge is 0.293 e. The van der Waals surface area contributed by atoms with Crippen molar-refractivity contribution in [2.75, 3.05) is 6.54 Å². The highest BCUT2D eigenvalue weighted by Crippen LogP contribution is 2.01. The highest BCUT2D eigenvalue weighted by molar-refractivity contribution is 5.97. The van der Waals surface area contributed by atoms with E-state index in [2.05, 4.69) is 0 Å². The van der Waals surface area contributed by atoms with Gasteiger partial charge in [0.15, 0.2) is 5.78 Å². The summed E-state index contributed by atoms with van der Waals surface area (Å²) in [7, 11) is 0. The molecule has 0 heterocycles. The number of hydrogen-bond acceptors (Lipinski definition) is 2. The second-order valence-corrected chi connectivity index (χ2v) is 2.25. The molecule has 0 saturated carbocycles. The van der Waals surface area contributed by atoms with Gasteiger partial charge in [-0.25, -0.2) is 0 Å². The van der Waals surface area contributed by atoms with Gasteiger partial charge >= 0.3 is 0 Å². The number of ketones is 1. The van der Waals surface area contributed by atoms with Crippen LogP contribution in [-0.4, -0.2) is 17.7 Å². The van der Waals surface area contributed by atoms with Gasteiger partial charge in [-0.3, -0.25) is 4.79 Å². The van der Waals surface area contributed by atoms with Gasteiger partial charge in [0.1, 0.15) is 6.54 Å². The van der Waals surface area contributed by atoms with Crippen LogP contribution in [0.5, 0.6) is 0 Å². The summed E-state index contributed by atoms with van der Waals surface area (Å²) in [6.07, 6.45) is 0. The fourth-order valence-electron chi connectivity index (χ4n) is 0.824. The van der Waals surface area contributed by atoms with E-state index in [-0.39, 0.29) is 0 Å². The van der Waals surface area contributed by atoms with Crippen LogP contribution in [0.1, 0.15) is 10.4 Å². The molecule has 0 aromatic heterocycles. The lowest BCUT2D eigenvalue weighted by Crippen LogP contribution is -2.14. The van der Waals surface area contributed by atoms with Crippen LogP contribution in [0.4, 0.5) is 8.96 Å². The molecule has 1 rings (SSSR count). The van der Waals surface area contributed by atoms with Crippen molar-refractivity contribution in [1.29, 1.82) is 0 Å². The molecule has 0 aliphatic heterocycles. The maximum Gasteiger partial charge on any atom is 0.182 e. The molecule has 1 aromatic carbocycles. The van der Waals surface area contributed by atoms with Crippen LogP contribution >= 0.6 is 0 Å². The first-order valence-electron chi connectivity index (χ1n) is 3.37. The molecule has 0 radical (unpaired) electrons. The SMILES string of the molecule is O=C(CN(F)F)c1ccccc1. The summed E-state index contributed by atoms with van der Waals surface area (Å²) in [4.78, 5) is 10.9. The van der Waals surface area contributed by atoms with Gasteiger partial charge in [0.05, 0.1) is 0 Å². The lowest BCUT2D eigenvalue weighted by atomic mass is 10.1. The predicted octanol–water partition coefficient (Wildman–Crippen LogP) is 1.94. The standard InChI is InChI=1S/C8H7F2NO/c9-11(10)6-8(12)7-4-2-1-3-5-7/h1-5H,6H2. The van der Waals surface area contributed by atoms with Crippen LogP contribution in [0.3, 0.4) is 0 Å². The molecule has 0 saturated heterocycles.